The summed E-state index contributed by atoms with van der Waals surface area (Å²) in [7, 11) is -2.41. The van der Waals surface area contributed by atoms with Crippen molar-refractivity contribution in [2.45, 2.75) is 31.6 Å². The summed E-state index contributed by atoms with van der Waals surface area (Å²) >= 11 is 0. The lowest BCUT2D eigenvalue weighted by atomic mass is 10.1. The van der Waals surface area contributed by atoms with E-state index >= 15 is 0 Å². The van der Waals surface area contributed by atoms with Gasteiger partial charge in [0.15, 0.2) is 0 Å². The first kappa shape index (κ1) is 21.4. The normalized spacial score (nSPS) is 11.0. The summed E-state index contributed by atoms with van der Waals surface area (Å²) in [4.78, 5) is 23.8. The van der Waals surface area contributed by atoms with Gasteiger partial charge in [-0.25, -0.2) is 13.2 Å². The number of carbonyl (C=O) groups is 2. The third-order valence-electron chi connectivity index (χ3n) is 4.09. The second-order valence-corrected chi connectivity index (χ2v) is 7.91. The summed E-state index contributed by atoms with van der Waals surface area (Å²) in [6.45, 7) is 4.08. The fourth-order valence-corrected chi connectivity index (χ4v) is 3.51. The molecule has 0 saturated heterocycles. The fourth-order valence-electron chi connectivity index (χ4n) is 2.43. The first-order valence-corrected chi connectivity index (χ1v) is 10.4. The number of aryl methyl sites for hydroxylation is 1. The van der Waals surface area contributed by atoms with Crippen molar-refractivity contribution in [3.63, 3.8) is 0 Å². The van der Waals surface area contributed by atoms with E-state index in [4.69, 9.17) is 4.74 Å². The lowest BCUT2D eigenvalue weighted by Crippen LogP contribution is -2.20. The van der Waals surface area contributed by atoms with Crippen LogP contribution >= 0.6 is 0 Å². The summed E-state index contributed by atoms with van der Waals surface area (Å²) in [6.07, 6.45) is 1.72. The summed E-state index contributed by atoms with van der Waals surface area (Å²) in [6, 6.07) is 10.3. The molecule has 0 aliphatic rings. The maximum atomic E-state index is 12.6. The van der Waals surface area contributed by atoms with Crippen molar-refractivity contribution in [1.82, 2.24) is 5.32 Å². The molecular weight excluding hydrogens is 380 g/mol. The number of benzene rings is 2. The monoisotopic (exact) mass is 404 g/mol. The van der Waals surface area contributed by atoms with Crippen LogP contribution < -0.4 is 10.0 Å². The fraction of sp³-hybridized carbons (Fsp3) is 0.300. The Morgan fingerprint density at radius 1 is 1.07 bits per heavy atom. The summed E-state index contributed by atoms with van der Waals surface area (Å²) in [5.41, 5.74) is 1.60. The Morgan fingerprint density at radius 2 is 1.75 bits per heavy atom. The Morgan fingerprint density at radius 3 is 2.36 bits per heavy atom. The second-order valence-electron chi connectivity index (χ2n) is 6.23. The zero-order valence-corrected chi connectivity index (χ0v) is 16.9. The Hall–Kier alpha value is -2.87. The molecule has 28 heavy (non-hydrogen) atoms. The van der Waals surface area contributed by atoms with Crippen LogP contribution in [0.3, 0.4) is 0 Å². The van der Waals surface area contributed by atoms with Crippen molar-refractivity contribution in [2.75, 3.05) is 18.4 Å². The van der Waals surface area contributed by atoms with Gasteiger partial charge < -0.3 is 10.1 Å². The number of esters is 1. The molecule has 0 heterocycles. The van der Waals surface area contributed by atoms with E-state index in [0.717, 1.165) is 12.8 Å². The highest BCUT2D eigenvalue weighted by atomic mass is 32.2. The van der Waals surface area contributed by atoms with E-state index in [1.807, 2.05) is 6.92 Å². The molecule has 2 N–H and O–H groups in total. The largest absolute Gasteiger partial charge is 0.462 e. The summed E-state index contributed by atoms with van der Waals surface area (Å²) < 4.78 is 32.8. The van der Waals surface area contributed by atoms with Gasteiger partial charge in [0, 0.05) is 18.3 Å². The van der Waals surface area contributed by atoms with Crippen molar-refractivity contribution in [1.29, 1.82) is 0 Å². The van der Waals surface area contributed by atoms with Crippen molar-refractivity contribution >= 4 is 27.6 Å². The predicted molar refractivity (Wildman–Crippen MR) is 107 cm³/mol. The quantitative estimate of drug-likeness (QED) is 0.520. The van der Waals surface area contributed by atoms with Crippen molar-refractivity contribution in [3.8, 4) is 0 Å². The number of carbonyl (C=O) groups excluding carboxylic acids is 2. The van der Waals surface area contributed by atoms with E-state index in [-0.39, 0.29) is 16.4 Å². The standard InChI is InChI=1S/C20H24N2O5S/c1-4-5-12-27-20(24)15-7-9-16(10-8-15)22-28(25,26)17-11-6-14(2)18(13-17)19(23)21-3/h6-11,13,22H,4-5,12H2,1-3H3,(H,21,23). The smallest absolute Gasteiger partial charge is 0.338 e. The number of ether oxygens (including phenoxy) is 1. The first-order valence-electron chi connectivity index (χ1n) is 8.91. The number of amides is 1. The van der Waals surface area contributed by atoms with Gasteiger partial charge in [-0.3, -0.25) is 9.52 Å². The molecular formula is C20H24N2O5S. The van der Waals surface area contributed by atoms with Gasteiger partial charge in [-0.15, -0.1) is 0 Å². The SMILES string of the molecule is CCCCOC(=O)c1ccc(NS(=O)(=O)c2ccc(C)c(C(=O)NC)c2)cc1. The van der Waals surface area contributed by atoms with Crippen LogP contribution in [0.15, 0.2) is 47.4 Å². The maximum absolute atomic E-state index is 12.6. The Balaban J connectivity index is 2.16. The molecule has 0 radical (unpaired) electrons. The number of sulfonamides is 1. The van der Waals surface area contributed by atoms with Crippen LogP contribution in [-0.4, -0.2) is 33.9 Å². The minimum Gasteiger partial charge on any atom is -0.462 e. The Labute approximate surface area is 165 Å². The van der Waals surface area contributed by atoms with Gasteiger partial charge in [-0.2, -0.15) is 0 Å². The van der Waals surface area contributed by atoms with Crippen LogP contribution in [0, 0.1) is 6.92 Å². The molecule has 2 aromatic carbocycles. The minimum absolute atomic E-state index is 0.0280. The van der Waals surface area contributed by atoms with Crippen molar-refractivity contribution in [2.24, 2.45) is 0 Å². The number of rotatable bonds is 8. The molecule has 0 bridgehead atoms. The Bertz CT molecular complexity index is 953. The third kappa shape index (κ3) is 5.32. The summed E-state index contributed by atoms with van der Waals surface area (Å²) in [5.74, 6) is -0.808. The molecule has 0 aliphatic carbocycles. The molecule has 0 saturated carbocycles. The zero-order valence-electron chi connectivity index (χ0n) is 16.1. The van der Waals surface area contributed by atoms with E-state index < -0.39 is 16.0 Å². The molecule has 0 aromatic heterocycles. The molecule has 2 rings (SSSR count). The molecule has 150 valence electrons. The van der Waals surface area contributed by atoms with Crippen LogP contribution in [-0.2, 0) is 14.8 Å². The highest BCUT2D eigenvalue weighted by Crippen LogP contribution is 2.20. The number of hydrogen-bond acceptors (Lipinski definition) is 5. The number of unbranched alkanes of at least 4 members (excludes halogenated alkanes) is 1. The summed E-state index contributed by atoms with van der Waals surface area (Å²) in [5, 5.41) is 2.49. The number of hydrogen-bond donors (Lipinski definition) is 2. The van der Waals surface area contributed by atoms with Gasteiger partial charge in [0.2, 0.25) is 0 Å². The first-order chi connectivity index (χ1) is 13.3. The van der Waals surface area contributed by atoms with E-state index in [1.165, 1.54) is 43.4 Å². The average molecular weight is 404 g/mol. The van der Waals surface area contributed by atoms with E-state index in [2.05, 4.69) is 10.0 Å². The third-order valence-corrected chi connectivity index (χ3v) is 5.47. The van der Waals surface area contributed by atoms with Gasteiger partial charge in [0.05, 0.1) is 17.1 Å². The highest BCUT2D eigenvalue weighted by molar-refractivity contribution is 7.92. The molecule has 0 fully saturated rings. The second kappa shape index (κ2) is 9.36. The Kier molecular flexibility index (Phi) is 7.17. The molecule has 0 aliphatic heterocycles. The number of nitrogens with one attached hydrogen (secondary N) is 2. The van der Waals surface area contributed by atoms with Crippen LogP contribution in [0.2, 0.25) is 0 Å². The van der Waals surface area contributed by atoms with Gasteiger partial charge in [0.1, 0.15) is 0 Å². The van der Waals surface area contributed by atoms with Crippen LogP contribution in [0.25, 0.3) is 0 Å². The van der Waals surface area contributed by atoms with E-state index in [9.17, 15) is 18.0 Å². The average Bonchev–Trinajstić information content (AvgIpc) is 2.68. The predicted octanol–water partition coefficient (Wildman–Crippen LogP) is 3.11. The van der Waals surface area contributed by atoms with Gasteiger partial charge in [0.25, 0.3) is 15.9 Å². The molecule has 1 amide bonds. The van der Waals surface area contributed by atoms with Crippen LogP contribution in [0.5, 0.6) is 0 Å². The molecule has 7 nitrogen and oxygen atoms in total. The zero-order chi connectivity index (χ0) is 20.7. The highest BCUT2D eigenvalue weighted by Gasteiger charge is 2.18. The maximum Gasteiger partial charge on any atom is 0.338 e. The number of anilines is 1. The van der Waals surface area contributed by atoms with Crippen LogP contribution in [0.4, 0.5) is 5.69 Å². The lowest BCUT2D eigenvalue weighted by molar-refractivity contribution is 0.0499. The van der Waals surface area contributed by atoms with E-state index in [1.54, 1.807) is 13.0 Å². The van der Waals surface area contributed by atoms with E-state index in [0.29, 0.717) is 23.4 Å². The van der Waals surface area contributed by atoms with Crippen LogP contribution in [0.1, 0.15) is 46.0 Å². The topological polar surface area (TPSA) is 102 Å². The lowest BCUT2D eigenvalue weighted by Gasteiger charge is -2.11. The molecule has 8 heteroatoms. The van der Waals surface area contributed by atoms with Gasteiger partial charge in [-0.1, -0.05) is 19.4 Å². The molecule has 0 spiro atoms. The molecule has 0 unspecified atom stereocenters. The van der Waals surface area contributed by atoms with Gasteiger partial charge >= 0.3 is 5.97 Å². The van der Waals surface area contributed by atoms with Crippen molar-refractivity contribution < 1.29 is 22.7 Å². The minimum atomic E-state index is -3.89. The molecule has 2 aromatic rings. The van der Waals surface area contributed by atoms with Gasteiger partial charge in [-0.05, 0) is 55.3 Å². The molecule has 0 atom stereocenters. The van der Waals surface area contributed by atoms with Crippen molar-refractivity contribution in [3.05, 3.63) is 59.2 Å².